The Kier molecular flexibility index (Phi) is 3.59. The third-order valence-corrected chi connectivity index (χ3v) is 3.43. The molecule has 1 heterocycles. The lowest BCUT2D eigenvalue weighted by molar-refractivity contribution is -0.385. The van der Waals surface area contributed by atoms with Gasteiger partial charge in [-0.25, -0.2) is 0 Å². The Bertz CT molecular complexity index is 554. The summed E-state index contributed by atoms with van der Waals surface area (Å²) in [5, 5.41) is 13.1. The van der Waals surface area contributed by atoms with Crippen LogP contribution in [0.2, 0.25) is 0 Å². The second-order valence-corrected chi connectivity index (χ2v) is 4.67. The number of carbonyl (C=O) groups is 2. The highest BCUT2D eigenvalue weighted by atomic mass is 16.6. The number of hydrogen-bond donors (Lipinski definition) is 1. The van der Waals surface area contributed by atoms with Crippen LogP contribution in [-0.4, -0.2) is 16.7 Å². The van der Waals surface area contributed by atoms with Crippen molar-refractivity contribution in [2.24, 2.45) is 5.92 Å². The monoisotopic (exact) mass is 262 g/mol. The summed E-state index contributed by atoms with van der Waals surface area (Å²) in [6.07, 6.45) is 1.24. The number of nitro benzene ring substituents is 1. The molecule has 0 bridgehead atoms. The first-order valence-corrected chi connectivity index (χ1v) is 6.05. The molecule has 100 valence electrons. The van der Waals surface area contributed by atoms with Gasteiger partial charge >= 0.3 is 0 Å². The first-order chi connectivity index (χ1) is 8.99. The van der Waals surface area contributed by atoms with Crippen LogP contribution in [0.4, 0.5) is 5.69 Å². The number of nitro groups is 1. The molecule has 1 fully saturated rings. The molecule has 0 spiro atoms. The number of nitrogens with one attached hydrogen (secondary N) is 1. The molecule has 0 aliphatic carbocycles. The summed E-state index contributed by atoms with van der Waals surface area (Å²) in [6.45, 7) is 1.68. The number of hydrogen-bond acceptors (Lipinski definition) is 4. The maximum Gasteiger partial charge on any atom is 0.272 e. The van der Waals surface area contributed by atoms with Crippen molar-refractivity contribution in [2.45, 2.75) is 26.2 Å². The van der Waals surface area contributed by atoms with Gasteiger partial charge in [-0.05, 0) is 25.3 Å². The standard InChI is InChI=1S/C13H14N2O4/c1-8-9(3-2-4-11(8)15(18)19)7-10-5-6-12(16)14-13(10)17/h2-4,10H,5-7H2,1H3,(H,14,16,17). The predicted octanol–water partition coefficient (Wildman–Crippen LogP) is 1.50. The summed E-state index contributed by atoms with van der Waals surface area (Å²) in [4.78, 5) is 33.2. The summed E-state index contributed by atoms with van der Waals surface area (Å²) in [5.74, 6) is -0.836. The van der Waals surface area contributed by atoms with Gasteiger partial charge in [-0.2, -0.15) is 0 Å². The number of nitrogens with zero attached hydrogens (tertiary/aromatic N) is 1. The maximum atomic E-state index is 11.7. The van der Waals surface area contributed by atoms with Crippen molar-refractivity contribution in [3.05, 3.63) is 39.4 Å². The molecular formula is C13H14N2O4. The zero-order valence-corrected chi connectivity index (χ0v) is 10.5. The Hall–Kier alpha value is -2.24. The van der Waals surface area contributed by atoms with Crippen LogP contribution >= 0.6 is 0 Å². The third-order valence-electron chi connectivity index (χ3n) is 3.43. The highest BCUT2D eigenvalue weighted by Gasteiger charge is 2.27. The summed E-state index contributed by atoms with van der Waals surface area (Å²) in [5.41, 5.74) is 1.42. The van der Waals surface area contributed by atoms with Gasteiger partial charge in [-0.15, -0.1) is 0 Å². The van der Waals surface area contributed by atoms with Crippen molar-refractivity contribution in [3.8, 4) is 0 Å². The van der Waals surface area contributed by atoms with Gasteiger partial charge in [0.1, 0.15) is 0 Å². The minimum atomic E-state index is -0.427. The van der Waals surface area contributed by atoms with E-state index in [0.717, 1.165) is 5.56 Å². The Morgan fingerprint density at radius 3 is 2.79 bits per heavy atom. The van der Waals surface area contributed by atoms with E-state index in [0.29, 0.717) is 24.8 Å². The number of piperidine rings is 1. The molecule has 1 atom stereocenters. The zero-order valence-electron chi connectivity index (χ0n) is 10.5. The molecular weight excluding hydrogens is 248 g/mol. The van der Waals surface area contributed by atoms with E-state index < -0.39 is 4.92 Å². The molecule has 19 heavy (non-hydrogen) atoms. The van der Waals surface area contributed by atoms with E-state index in [-0.39, 0.29) is 23.4 Å². The van der Waals surface area contributed by atoms with Crippen LogP contribution in [0.15, 0.2) is 18.2 Å². The van der Waals surface area contributed by atoms with Gasteiger partial charge in [0.15, 0.2) is 0 Å². The lowest BCUT2D eigenvalue weighted by Gasteiger charge is -2.21. The second-order valence-electron chi connectivity index (χ2n) is 4.67. The van der Waals surface area contributed by atoms with Gasteiger partial charge in [0.25, 0.3) is 5.69 Å². The van der Waals surface area contributed by atoms with E-state index in [9.17, 15) is 19.7 Å². The van der Waals surface area contributed by atoms with Crippen LogP contribution in [0.1, 0.15) is 24.0 Å². The Morgan fingerprint density at radius 2 is 2.16 bits per heavy atom. The summed E-state index contributed by atoms with van der Waals surface area (Å²) in [6, 6.07) is 4.85. The van der Waals surface area contributed by atoms with Gasteiger partial charge in [0.2, 0.25) is 11.8 Å². The Balaban J connectivity index is 2.20. The Morgan fingerprint density at radius 1 is 1.42 bits per heavy atom. The minimum Gasteiger partial charge on any atom is -0.296 e. The van der Waals surface area contributed by atoms with Crippen molar-refractivity contribution < 1.29 is 14.5 Å². The van der Waals surface area contributed by atoms with Crippen molar-refractivity contribution in [2.75, 3.05) is 0 Å². The second kappa shape index (κ2) is 5.17. The lowest BCUT2D eigenvalue weighted by atomic mass is 9.89. The van der Waals surface area contributed by atoms with E-state index in [1.54, 1.807) is 19.1 Å². The Labute approximate surface area is 110 Å². The van der Waals surface area contributed by atoms with Crippen LogP contribution in [0.5, 0.6) is 0 Å². The molecule has 6 nitrogen and oxygen atoms in total. The average Bonchev–Trinajstić information content (AvgIpc) is 2.34. The van der Waals surface area contributed by atoms with Crippen LogP contribution in [-0.2, 0) is 16.0 Å². The maximum absolute atomic E-state index is 11.7. The van der Waals surface area contributed by atoms with Crippen LogP contribution in [0.3, 0.4) is 0 Å². The molecule has 2 amide bonds. The van der Waals surface area contributed by atoms with Gasteiger partial charge in [0, 0.05) is 24.0 Å². The fourth-order valence-corrected chi connectivity index (χ4v) is 2.29. The first kappa shape index (κ1) is 13.2. The van der Waals surface area contributed by atoms with Crippen molar-refractivity contribution in [1.29, 1.82) is 0 Å². The lowest BCUT2D eigenvalue weighted by Crippen LogP contribution is -2.41. The molecule has 1 aromatic carbocycles. The molecule has 1 N–H and O–H groups in total. The fraction of sp³-hybridized carbons (Fsp3) is 0.385. The molecule has 6 heteroatoms. The molecule has 1 aliphatic rings. The number of benzene rings is 1. The molecule has 0 radical (unpaired) electrons. The summed E-state index contributed by atoms with van der Waals surface area (Å²) >= 11 is 0. The number of rotatable bonds is 3. The van der Waals surface area contributed by atoms with Crippen molar-refractivity contribution in [1.82, 2.24) is 5.32 Å². The van der Waals surface area contributed by atoms with Gasteiger partial charge < -0.3 is 0 Å². The van der Waals surface area contributed by atoms with E-state index >= 15 is 0 Å². The zero-order chi connectivity index (χ0) is 14.0. The molecule has 1 unspecified atom stereocenters. The van der Waals surface area contributed by atoms with E-state index in [1.807, 2.05) is 0 Å². The summed E-state index contributed by atoms with van der Waals surface area (Å²) in [7, 11) is 0. The van der Waals surface area contributed by atoms with Gasteiger partial charge in [-0.3, -0.25) is 25.0 Å². The van der Waals surface area contributed by atoms with Crippen LogP contribution in [0.25, 0.3) is 0 Å². The van der Waals surface area contributed by atoms with E-state index in [1.165, 1.54) is 6.07 Å². The number of amides is 2. The highest BCUT2D eigenvalue weighted by Crippen LogP contribution is 2.25. The van der Waals surface area contributed by atoms with Crippen molar-refractivity contribution >= 4 is 17.5 Å². The smallest absolute Gasteiger partial charge is 0.272 e. The molecule has 0 saturated carbocycles. The van der Waals surface area contributed by atoms with Gasteiger partial charge in [-0.1, -0.05) is 12.1 Å². The highest BCUT2D eigenvalue weighted by molar-refractivity contribution is 5.98. The quantitative estimate of drug-likeness (QED) is 0.508. The van der Waals surface area contributed by atoms with Crippen molar-refractivity contribution in [3.63, 3.8) is 0 Å². The molecule has 1 aliphatic heterocycles. The number of imide groups is 1. The SMILES string of the molecule is Cc1c(CC2CCC(=O)NC2=O)cccc1[N+](=O)[O-]. The third kappa shape index (κ3) is 2.78. The number of carbonyl (C=O) groups excluding carboxylic acids is 2. The molecule has 1 aromatic rings. The van der Waals surface area contributed by atoms with E-state index in [4.69, 9.17) is 0 Å². The largest absolute Gasteiger partial charge is 0.296 e. The topological polar surface area (TPSA) is 89.3 Å². The minimum absolute atomic E-state index is 0.0600. The fourth-order valence-electron chi connectivity index (χ4n) is 2.29. The average molecular weight is 262 g/mol. The molecule has 0 aromatic heterocycles. The predicted molar refractivity (Wildman–Crippen MR) is 67.4 cm³/mol. The van der Waals surface area contributed by atoms with Crippen LogP contribution < -0.4 is 5.32 Å². The van der Waals surface area contributed by atoms with Crippen LogP contribution in [0, 0.1) is 23.0 Å². The molecule has 2 rings (SSSR count). The molecule has 1 saturated heterocycles. The summed E-state index contributed by atoms with van der Waals surface area (Å²) < 4.78 is 0. The van der Waals surface area contributed by atoms with E-state index in [2.05, 4.69) is 5.32 Å². The first-order valence-electron chi connectivity index (χ1n) is 6.05. The van der Waals surface area contributed by atoms with Gasteiger partial charge in [0.05, 0.1) is 4.92 Å². The normalized spacial score (nSPS) is 19.1.